The van der Waals surface area contributed by atoms with Gasteiger partial charge in [0, 0.05) is 12.7 Å². The van der Waals surface area contributed by atoms with Crippen LogP contribution in [0.25, 0.3) is 0 Å². The van der Waals surface area contributed by atoms with E-state index in [2.05, 4.69) is 31.5 Å². The second-order valence-electron chi connectivity index (χ2n) is 3.72. The van der Waals surface area contributed by atoms with Gasteiger partial charge in [0.1, 0.15) is 5.82 Å². The zero-order valence-electron chi connectivity index (χ0n) is 8.26. The van der Waals surface area contributed by atoms with Crippen molar-refractivity contribution in [1.29, 1.82) is 0 Å². The molecule has 0 aromatic carbocycles. The van der Waals surface area contributed by atoms with Crippen LogP contribution in [0.1, 0.15) is 6.42 Å². The molecule has 15 heavy (non-hydrogen) atoms. The van der Waals surface area contributed by atoms with Crippen LogP contribution in [0, 0.1) is 5.92 Å². The van der Waals surface area contributed by atoms with E-state index in [9.17, 15) is 0 Å². The van der Waals surface area contributed by atoms with Gasteiger partial charge in [-0.3, -0.25) is 0 Å². The Morgan fingerprint density at radius 3 is 3.20 bits per heavy atom. The second-order valence-corrected chi connectivity index (χ2v) is 5.01. The zero-order valence-corrected chi connectivity index (χ0v) is 10.6. The molecule has 1 atom stereocenters. The van der Waals surface area contributed by atoms with Crippen LogP contribution in [0.3, 0.4) is 0 Å². The summed E-state index contributed by atoms with van der Waals surface area (Å²) in [5.41, 5.74) is 0. The van der Waals surface area contributed by atoms with Crippen LogP contribution in [0.5, 0.6) is 0 Å². The van der Waals surface area contributed by atoms with Crippen molar-refractivity contribution < 1.29 is 0 Å². The summed E-state index contributed by atoms with van der Waals surface area (Å²) in [6, 6.07) is 1.85. The SMILES string of the molecule is Clc1cnc(NCC2CCNC2)c(Br)c1. The molecule has 1 saturated heterocycles. The highest BCUT2D eigenvalue weighted by atomic mass is 79.9. The Morgan fingerprint density at radius 1 is 1.67 bits per heavy atom. The summed E-state index contributed by atoms with van der Waals surface area (Å²) in [5, 5.41) is 7.31. The molecule has 0 amide bonds. The Hall–Kier alpha value is -0.320. The molecule has 5 heteroatoms. The molecular formula is C10H13BrClN3. The molecule has 0 bridgehead atoms. The van der Waals surface area contributed by atoms with E-state index >= 15 is 0 Å². The number of halogens is 2. The van der Waals surface area contributed by atoms with E-state index in [0.717, 1.165) is 29.9 Å². The Bertz CT molecular complexity index is 339. The quantitative estimate of drug-likeness (QED) is 0.898. The van der Waals surface area contributed by atoms with Gasteiger partial charge in [0.15, 0.2) is 0 Å². The van der Waals surface area contributed by atoms with Gasteiger partial charge in [0.2, 0.25) is 0 Å². The maximum atomic E-state index is 5.81. The zero-order chi connectivity index (χ0) is 10.7. The third kappa shape index (κ3) is 3.06. The molecular weight excluding hydrogens is 277 g/mol. The van der Waals surface area contributed by atoms with E-state index in [-0.39, 0.29) is 0 Å². The fourth-order valence-corrected chi connectivity index (χ4v) is 2.45. The summed E-state index contributed by atoms with van der Waals surface area (Å²) in [7, 11) is 0. The van der Waals surface area contributed by atoms with Crippen LogP contribution in [0.2, 0.25) is 5.02 Å². The number of nitrogens with zero attached hydrogens (tertiary/aromatic N) is 1. The maximum absolute atomic E-state index is 5.81. The van der Waals surface area contributed by atoms with Gasteiger partial charge in [-0.1, -0.05) is 11.6 Å². The maximum Gasteiger partial charge on any atom is 0.140 e. The van der Waals surface area contributed by atoms with Gasteiger partial charge >= 0.3 is 0 Å². The van der Waals surface area contributed by atoms with E-state index in [1.807, 2.05) is 6.07 Å². The minimum absolute atomic E-state index is 0.648. The molecule has 1 aliphatic rings. The molecule has 0 saturated carbocycles. The lowest BCUT2D eigenvalue weighted by Crippen LogP contribution is -2.17. The molecule has 1 aliphatic heterocycles. The number of hydrogen-bond acceptors (Lipinski definition) is 3. The third-order valence-electron chi connectivity index (χ3n) is 2.53. The first-order valence-corrected chi connectivity index (χ1v) is 6.18. The third-order valence-corrected chi connectivity index (χ3v) is 3.34. The molecule has 0 radical (unpaired) electrons. The minimum Gasteiger partial charge on any atom is -0.369 e. The molecule has 1 aromatic rings. The van der Waals surface area contributed by atoms with Crippen molar-refractivity contribution in [3.63, 3.8) is 0 Å². The van der Waals surface area contributed by atoms with Crippen molar-refractivity contribution in [3.8, 4) is 0 Å². The van der Waals surface area contributed by atoms with Crippen LogP contribution >= 0.6 is 27.5 Å². The van der Waals surface area contributed by atoms with E-state index in [4.69, 9.17) is 11.6 Å². The fraction of sp³-hybridized carbons (Fsp3) is 0.500. The lowest BCUT2D eigenvalue weighted by atomic mass is 10.1. The van der Waals surface area contributed by atoms with Crippen molar-refractivity contribution in [2.45, 2.75) is 6.42 Å². The molecule has 2 N–H and O–H groups in total. The van der Waals surface area contributed by atoms with Gasteiger partial charge in [-0.2, -0.15) is 0 Å². The highest BCUT2D eigenvalue weighted by Gasteiger charge is 2.14. The monoisotopic (exact) mass is 289 g/mol. The van der Waals surface area contributed by atoms with E-state index in [0.29, 0.717) is 10.9 Å². The average molecular weight is 291 g/mol. The van der Waals surface area contributed by atoms with Crippen molar-refractivity contribution >= 4 is 33.3 Å². The molecule has 2 heterocycles. The summed E-state index contributed by atoms with van der Waals surface area (Å²) in [5.74, 6) is 1.57. The Labute approximate surface area is 103 Å². The van der Waals surface area contributed by atoms with Gasteiger partial charge in [-0.15, -0.1) is 0 Å². The van der Waals surface area contributed by atoms with Crippen LogP contribution < -0.4 is 10.6 Å². The molecule has 1 fully saturated rings. The Balaban J connectivity index is 1.92. The van der Waals surface area contributed by atoms with E-state index in [1.165, 1.54) is 6.42 Å². The molecule has 0 spiro atoms. The first-order chi connectivity index (χ1) is 7.25. The van der Waals surface area contributed by atoms with Crippen LogP contribution in [-0.4, -0.2) is 24.6 Å². The number of aromatic nitrogens is 1. The number of hydrogen-bond donors (Lipinski definition) is 2. The Morgan fingerprint density at radius 2 is 2.53 bits per heavy atom. The van der Waals surface area contributed by atoms with Crippen molar-refractivity contribution in [1.82, 2.24) is 10.3 Å². The normalized spacial score (nSPS) is 20.5. The van der Waals surface area contributed by atoms with Crippen LogP contribution in [-0.2, 0) is 0 Å². The lowest BCUT2D eigenvalue weighted by molar-refractivity contribution is 0.614. The number of anilines is 1. The molecule has 82 valence electrons. The standard InChI is InChI=1S/C10H13BrClN3/c11-9-3-8(12)6-15-10(9)14-5-7-1-2-13-4-7/h3,6-7,13H,1-2,4-5H2,(H,14,15). The van der Waals surface area contributed by atoms with Crippen molar-refractivity contribution in [2.75, 3.05) is 25.0 Å². The molecule has 1 unspecified atom stereocenters. The summed E-state index contributed by atoms with van der Waals surface area (Å²) >= 11 is 9.25. The largest absolute Gasteiger partial charge is 0.369 e. The molecule has 1 aromatic heterocycles. The highest BCUT2D eigenvalue weighted by Crippen LogP contribution is 2.23. The smallest absolute Gasteiger partial charge is 0.140 e. The minimum atomic E-state index is 0.648. The first-order valence-electron chi connectivity index (χ1n) is 5.01. The van der Waals surface area contributed by atoms with Gasteiger partial charge in [0.25, 0.3) is 0 Å². The second kappa shape index (κ2) is 5.14. The number of pyridine rings is 1. The van der Waals surface area contributed by atoms with Crippen LogP contribution in [0.4, 0.5) is 5.82 Å². The summed E-state index contributed by atoms with van der Waals surface area (Å²) in [6.07, 6.45) is 2.89. The predicted octanol–water partition coefficient (Wildman–Crippen LogP) is 2.52. The molecule has 0 aliphatic carbocycles. The summed E-state index contributed by atoms with van der Waals surface area (Å²) in [6.45, 7) is 3.18. The van der Waals surface area contributed by atoms with E-state index < -0.39 is 0 Å². The van der Waals surface area contributed by atoms with Gasteiger partial charge in [-0.05, 0) is 47.4 Å². The van der Waals surface area contributed by atoms with Crippen molar-refractivity contribution in [2.24, 2.45) is 5.92 Å². The van der Waals surface area contributed by atoms with Gasteiger partial charge in [-0.25, -0.2) is 4.98 Å². The van der Waals surface area contributed by atoms with E-state index in [1.54, 1.807) is 6.20 Å². The van der Waals surface area contributed by atoms with Crippen LogP contribution in [0.15, 0.2) is 16.7 Å². The number of nitrogens with one attached hydrogen (secondary N) is 2. The average Bonchev–Trinajstić information content (AvgIpc) is 2.69. The molecule has 3 nitrogen and oxygen atoms in total. The number of rotatable bonds is 3. The lowest BCUT2D eigenvalue weighted by Gasteiger charge is -2.11. The van der Waals surface area contributed by atoms with Crippen molar-refractivity contribution in [3.05, 3.63) is 21.8 Å². The summed E-state index contributed by atoms with van der Waals surface area (Å²) < 4.78 is 0.918. The summed E-state index contributed by atoms with van der Waals surface area (Å²) in [4.78, 5) is 4.23. The first kappa shape index (κ1) is 11.2. The topological polar surface area (TPSA) is 37.0 Å². The fourth-order valence-electron chi connectivity index (χ4n) is 1.67. The highest BCUT2D eigenvalue weighted by molar-refractivity contribution is 9.10. The van der Waals surface area contributed by atoms with Gasteiger partial charge in [0.05, 0.1) is 9.50 Å². The predicted molar refractivity (Wildman–Crippen MR) is 66.4 cm³/mol. The Kier molecular flexibility index (Phi) is 3.83. The molecule has 2 rings (SSSR count). The van der Waals surface area contributed by atoms with Gasteiger partial charge < -0.3 is 10.6 Å².